The Hall–Kier alpha value is -1.58. The molecule has 0 aliphatic rings. The van der Waals surface area contributed by atoms with Gasteiger partial charge >= 0.3 is 0 Å². The van der Waals surface area contributed by atoms with Gasteiger partial charge in [-0.05, 0) is 32.2 Å². The fraction of sp³-hybridized carbons (Fsp3) is 0.412. The molecule has 0 saturated heterocycles. The van der Waals surface area contributed by atoms with Gasteiger partial charge in [0.15, 0.2) is 0 Å². The summed E-state index contributed by atoms with van der Waals surface area (Å²) in [4.78, 5) is 0. The minimum Gasteiger partial charge on any atom is -0.493 e. The fourth-order valence-corrected chi connectivity index (χ4v) is 2.31. The molecular formula is C17H23NO2. The van der Waals surface area contributed by atoms with Crippen LogP contribution in [-0.4, -0.2) is 25.4 Å². The van der Waals surface area contributed by atoms with Crippen LogP contribution in [0, 0.1) is 0 Å². The van der Waals surface area contributed by atoms with Crippen molar-refractivity contribution in [3.05, 3.63) is 42.0 Å². The monoisotopic (exact) mass is 273 g/mol. The van der Waals surface area contributed by atoms with Crippen molar-refractivity contribution in [2.75, 3.05) is 20.3 Å². The van der Waals surface area contributed by atoms with E-state index in [2.05, 4.69) is 36.5 Å². The van der Waals surface area contributed by atoms with Crippen molar-refractivity contribution in [1.29, 1.82) is 0 Å². The van der Waals surface area contributed by atoms with Crippen LogP contribution in [0.2, 0.25) is 0 Å². The second-order valence-corrected chi connectivity index (χ2v) is 4.99. The summed E-state index contributed by atoms with van der Waals surface area (Å²) < 4.78 is 6.02. The largest absolute Gasteiger partial charge is 0.493 e. The van der Waals surface area contributed by atoms with Gasteiger partial charge in [0.1, 0.15) is 5.75 Å². The molecular weight excluding hydrogens is 250 g/mol. The summed E-state index contributed by atoms with van der Waals surface area (Å²) in [5.41, 5.74) is 1.18. The molecule has 2 aromatic rings. The quantitative estimate of drug-likeness (QED) is 0.761. The summed E-state index contributed by atoms with van der Waals surface area (Å²) in [7, 11) is 1.95. The summed E-state index contributed by atoms with van der Waals surface area (Å²) in [6, 6.07) is 12.8. The van der Waals surface area contributed by atoms with E-state index in [1.165, 1.54) is 10.9 Å². The fourth-order valence-electron chi connectivity index (χ4n) is 2.31. The Kier molecular flexibility index (Phi) is 5.39. The van der Waals surface area contributed by atoms with Crippen molar-refractivity contribution in [3.8, 4) is 5.75 Å². The normalized spacial score (nSPS) is 12.6. The smallest absolute Gasteiger partial charge is 0.131 e. The Labute approximate surface area is 120 Å². The molecule has 0 bridgehead atoms. The molecule has 1 atom stereocenters. The van der Waals surface area contributed by atoms with Gasteiger partial charge in [0, 0.05) is 23.6 Å². The number of aliphatic hydroxyl groups excluding tert-OH is 1. The maximum absolute atomic E-state index is 8.85. The van der Waals surface area contributed by atoms with Gasteiger partial charge in [0.2, 0.25) is 0 Å². The SMILES string of the molecule is CNC(C)c1ccc2ccccc2c1OCCCCO. The molecule has 1 unspecified atom stereocenters. The third-order valence-corrected chi connectivity index (χ3v) is 3.61. The van der Waals surface area contributed by atoms with E-state index in [-0.39, 0.29) is 12.6 Å². The first kappa shape index (κ1) is 14.8. The van der Waals surface area contributed by atoms with Crippen LogP contribution in [0.15, 0.2) is 36.4 Å². The van der Waals surface area contributed by atoms with E-state index in [1.807, 2.05) is 19.2 Å². The number of benzene rings is 2. The molecule has 0 amide bonds. The Morgan fingerprint density at radius 3 is 2.70 bits per heavy atom. The molecule has 2 rings (SSSR count). The highest BCUT2D eigenvalue weighted by Crippen LogP contribution is 2.33. The first-order valence-electron chi connectivity index (χ1n) is 7.20. The van der Waals surface area contributed by atoms with E-state index in [1.54, 1.807) is 0 Å². The van der Waals surface area contributed by atoms with Crippen molar-refractivity contribution >= 4 is 10.8 Å². The molecule has 0 aromatic heterocycles. The zero-order valence-corrected chi connectivity index (χ0v) is 12.2. The highest BCUT2D eigenvalue weighted by atomic mass is 16.5. The lowest BCUT2D eigenvalue weighted by molar-refractivity contribution is 0.253. The van der Waals surface area contributed by atoms with Gasteiger partial charge in [-0.15, -0.1) is 0 Å². The van der Waals surface area contributed by atoms with E-state index in [9.17, 15) is 0 Å². The number of hydrogen-bond acceptors (Lipinski definition) is 3. The van der Waals surface area contributed by atoms with Crippen LogP contribution >= 0.6 is 0 Å². The number of unbranched alkanes of at least 4 members (excludes halogenated alkanes) is 1. The summed E-state index contributed by atoms with van der Waals surface area (Å²) in [6.45, 7) is 2.99. The zero-order valence-electron chi connectivity index (χ0n) is 12.2. The molecule has 0 radical (unpaired) electrons. The van der Waals surface area contributed by atoms with Crippen molar-refractivity contribution in [3.63, 3.8) is 0 Å². The van der Waals surface area contributed by atoms with Crippen LogP contribution in [0.25, 0.3) is 10.8 Å². The average molecular weight is 273 g/mol. The van der Waals surface area contributed by atoms with Gasteiger partial charge in [0.25, 0.3) is 0 Å². The molecule has 2 N–H and O–H groups in total. The van der Waals surface area contributed by atoms with E-state index in [4.69, 9.17) is 9.84 Å². The number of fused-ring (bicyclic) bond motifs is 1. The van der Waals surface area contributed by atoms with Crippen molar-refractivity contribution in [2.24, 2.45) is 0 Å². The lowest BCUT2D eigenvalue weighted by Gasteiger charge is -2.18. The molecule has 2 aromatic carbocycles. The molecule has 0 spiro atoms. The van der Waals surface area contributed by atoms with Crippen molar-refractivity contribution in [2.45, 2.75) is 25.8 Å². The van der Waals surface area contributed by atoms with Crippen LogP contribution in [0.4, 0.5) is 0 Å². The Morgan fingerprint density at radius 2 is 1.95 bits per heavy atom. The minimum absolute atomic E-state index is 0.221. The van der Waals surface area contributed by atoms with Crippen LogP contribution in [-0.2, 0) is 0 Å². The molecule has 0 aliphatic carbocycles. The Bertz CT molecular complexity index is 554. The highest BCUT2D eigenvalue weighted by Gasteiger charge is 2.13. The molecule has 3 nitrogen and oxygen atoms in total. The Morgan fingerprint density at radius 1 is 1.15 bits per heavy atom. The number of aliphatic hydroxyl groups is 1. The minimum atomic E-state index is 0.221. The predicted molar refractivity (Wildman–Crippen MR) is 83.2 cm³/mol. The summed E-state index contributed by atoms with van der Waals surface area (Å²) >= 11 is 0. The predicted octanol–water partition coefficient (Wildman–Crippen LogP) is 3.27. The zero-order chi connectivity index (χ0) is 14.4. The molecule has 20 heavy (non-hydrogen) atoms. The summed E-state index contributed by atoms with van der Waals surface area (Å²) in [5.74, 6) is 0.961. The van der Waals surface area contributed by atoms with E-state index in [0.29, 0.717) is 6.61 Å². The van der Waals surface area contributed by atoms with Crippen LogP contribution in [0.3, 0.4) is 0 Å². The van der Waals surface area contributed by atoms with E-state index >= 15 is 0 Å². The van der Waals surface area contributed by atoms with E-state index in [0.717, 1.165) is 24.0 Å². The molecule has 108 valence electrons. The first-order valence-corrected chi connectivity index (χ1v) is 7.20. The number of rotatable bonds is 7. The lowest BCUT2D eigenvalue weighted by Crippen LogP contribution is -2.14. The summed E-state index contributed by atoms with van der Waals surface area (Å²) in [5, 5.41) is 14.5. The van der Waals surface area contributed by atoms with Crippen molar-refractivity contribution in [1.82, 2.24) is 5.32 Å². The molecule has 0 heterocycles. The lowest BCUT2D eigenvalue weighted by atomic mass is 10.0. The van der Waals surface area contributed by atoms with Crippen LogP contribution < -0.4 is 10.1 Å². The average Bonchev–Trinajstić information content (AvgIpc) is 2.50. The number of nitrogens with one attached hydrogen (secondary N) is 1. The third kappa shape index (κ3) is 3.30. The first-order chi connectivity index (χ1) is 9.77. The second-order valence-electron chi connectivity index (χ2n) is 4.99. The van der Waals surface area contributed by atoms with Crippen molar-refractivity contribution < 1.29 is 9.84 Å². The topological polar surface area (TPSA) is 41.5 Å². The van der Waals surface area contributed by atoms with Gasteiger partial charge in [-0.1, -0.05) is 36.4 Å². The van der Waals surface area contributed by atoms with Gasteiger partial charge in [0.05, 0.1) is 6.61 Å². The van der Waals surface area contributed by atoms with E-state index < -0.39 is 0 Å². The molecule has 0 saturated carbocycles. The standard InChI is InChI=1S/C17H23NO2/c1-13(18-2)15-10-9-14-7-3-4-8-16(14)17(15)20-12-6-5-11-19/h3-4,7-10,13,18-19H,5-6,11-12H2,1-2H3. The van der Waals surface area contributed by atoms with Crippen LogP contribution in [0.5, 0.6) is 5.75 Å². The maximum atomic E-state index is 8.85. The molecule has 0 fully saturated rings. The Balaban J connectivity index is 2.34. The molecule has 0 aliphatic heterocycles. The van der Waals surface area contributed by atoms with Gasteiger partial charge < -0.3 is 15.2 Å². The number of hydrogen-bond donors (Lipinski definition) is 2. The van der Waals surface area contributed by atoms with Gasteiger partial charge in [-0.3, -0.25) is 0 Å². The maximum Gasteiger partial charge on any atom is 0.131 e. The van der Waals surface area contributed by atoms with Crippen LogP contribution in [0.1, 0.15) is 31.4 Å². The highest BCUT2D eigenvalue weighted by molar-refractivity contribution is 5.89. The third-order valence-electron chi connectivity index (χ3n) is 3.61. The number of ether oxygens (including phenoxy) is 1. The second kappa shape index (κ2) is 7.27. The van der Waals surface area contributed by atoms with Gasteiger partial charge in [-0.25, -0.2) is 0 Å². The summed E-state index contributed by atoms with van der Waals surface area (Å²) in [6.07, 6.45) is 1.65. The van der Waals surface area contributed by atoms with Gasteiger partial charge in [-0.2, -0.15) is 0 Å². The molecule has 3 heteroatoms.